The van der Waals surface area contributed by atoms with Crippen molar-refractivity contribution >= 4 is 36.1 Å². The van der Waals surface area contributed by atoms with Crippen LogP contribution in [-0.4, -0.2) is 67.1 Å². The van der Waals surface area contributed by atoms with Crippen LogP contribution in [0.15, 0.2) is 187 Å². The first-order valence-corrected chi connectivity index (χ1v) is 18.8. The molecule has 0 bridgehead atoms. The minimum Gasteiger partial charge on any atom is -0.458 e. The molecule has 0 spiro atoms. The molecule has 12 heteroatoms. The Bertz CT molecular complexity index is 2330. The highest BCUT2D eigenvalue weighted by molar-refractivity contribution is 5.93. The number of benzene rings is 6. The molecule has 0 saturated carbocycles. The van der Waals surface area contributed by atoms with Gasteiger partial charge in [0.05, 0.1) is 34.0 Å². The van der Waals surface area contributed by atoms with Gasteiger partial charge in [0, 0.05) is 0 Å². The molecule has 302 valence electrons. The van der Waals surface area contributed by atoms with E-state index in [1.54, 1.807) is 91.0 Å². The van der Waals surface area contributed by atoms with Crippen molar-refractivity contribution in [3.63, 3.8) is 0 Å². The summed E-state index contributed by atoms with van der Waals surface area (Å²) in [6.07, 6.45) is -6.02. The molecule has 0 saturated heterocycles. The van der Waals surface area contributed by atoms with Crippen LogP contribution < -0.4 is 0 Å². The molecule has 60 heavy (non-hydrogen) atoms. The predicted molar refractivity (Wildman–Crippen MR) is 219 cm³/mol. The van der Waals surface area contributed by atoms with Crippen molar-refractivity contribution in [2.24, 2.45) is 5.16 Å². The van der Waals surface area contributed by atoms with Crippen LogP contribution in [0.25, 0.3) is 0 Å². The van der Waals surface area contributed by atoms with Gasteiger partial charge < -0.3 is 28.5 Å². The summed E-state index contributed by atoms with van der Waals surface area (Å²) in [6, 6.07) is 48.8. The van der Waals surface area contributed by atoms with Crippen LogP contribution in [0.5, 0.6) is 0 Å². The molecule has 4 unspecified atom stereocenters. The van der Waals surface area contributed by atoms with Crippen molar-refractivity contribution in [2.45, 2.75) is 31.0 Å². The van der Waals surface area contributed by atoms with E-state index < -0.39 is 60.9 Å². The lowest BCUT2D eigenvalue weighted by atomic mass is 10.0. The Morgan fingerprint density at radius 2 is 0.767 bits per heavy atom. The fourth-order valence-corrected chi connectivity index (χ4v) is 5.74. The highest BCUT2D eigenvalue weighted by Crippen LogP contribution is 2.24. The number of esters is 5. The molecule has 0 aromatic heterocycles. The van der Waals surface area contributed by atoms with Crippen LogP contribution in [0.3, 0.4) is 0 Å². The van der Waals surface area contributed by atoms with E-state index >= 15 is 0 Å². The van der Waals surface area contributed by atoms with Crippen molar-refractivity contribution in [1.29, 1.82) is 0 Å². The Labute approximate surface area is 345 Å². The standard InChI is InChI=1S/C48H39NO11/c50-44(35-21-9-2-10-22-35)55-33-41(58-46(52)37-25-13-4-14-26-37)43(60-48(54)39-29-17-6-18-30-39)42(59-47(53)38-27-15-5-16-28-38)40(57-45(51)36-23-11-3-12-24-36)31-49-56-32-34-19-7-1-8-20-34/h1-31,40-43H,32-33H2. The minimum atomic E-state index is -1.85. The van der Waals surface area contributed by atoms with E-state index in [2.05, 4.69) is 5.16 Å². The number of oxime groups is 1. The first-order chi connectivity index (χ1) is 29.4. The first-order valence-electron chi connectivity index (χ1n) is 18.8. The van der Waals surface area contributed by atoms with Gasteiger partial charge in [-0.05, 0) is 66.2 Å². The van der Waals surface area contributed by atoms with Gasteiger partial charge in [0.1, 0.15) is 13.2 Å². The van der Waals surface area contributed by atoms with Gasteiger partial charge in [0.15, 0.2) is 24.4 Å². The van der Waals surface area contributed by atoms with Gasteiger partial charge in [-0.15, -0.1) is 0 Å². The lowest BCUT2D eigenvalue weighted by Gasteiger charge is -2.34. The van der Waals surface area contributed by atoms with Crippen LogP contribution in [0.4, 0.5) is 0 Å². The highest BCUT2D eigenvalue weighted by Gasteiger charge is 2.45. The van der Waals surface area contributed by atoms with E-state index in [9.17, 15) is 24.0 Å². The van der Waals surface area contributed by atoms with Crippen LogP contribution in [-0.2, 0) is 35.1 Å². The summed E-state index contributed by atoms with van der Waals surface area (Å²) in [6.45, 7) is -0.718. The van der Waals surface area contributed by atoms with Gasteiger partial charge >= 0.3 is 29.8 Å². The minimum absolute atomic E-state index is 0.00430. The second-order valence-electron chi connectivity index (χ2n) is 13.0. The third-order valence-electron chi connectivity index (χ3n) is 8.78. The molecule has 0 aliphatic rings. The molecule has 0 radical (unpaired) electrons. The van der Waals surface area contributed by atoms with E-state index in [1.165, 1.54) is 60.7 Å². The van der Waals surface area contributed by atoms with Crippen molar-refractivity contribution in [1.82, 2.24) is 0 Å². The summed E-state index contributed by atoms with van der Waals surface area (Å²) in [7, 11) is 0. The zero-order valence-corrected chi connectivity index (χ0v) is 32.1. The smallest absolute Gasteiger partial charge is 0.338 e. The lowest BCUT2D eigenvalue weighted by molar-refractivity contribution is -0.120. The summed E-state index contributed by atoms with van der Waals surface area (Å²) in [5.74, 6) is -4.46. The molecule has 0 heterocycles. The summed E-state index contributed by atoms with van der Waals surface area (Å²) in [5, 5.41) is 4.09. The number of hydrogen-bond donors (Lipinski definition) is 0. The fourth-order valence-electron chi connectivity index (χ4n) is 5.74. The lowest BCUT2D eigenvalue weighted by Crippen LogP contribution is -2.54. The van der Waals surface area contributed by atoms with Crippen LogP contribution in [0.2, 0.25) is 0 Å². The average Bonchev–Trinajstić information content (AvgIpc) is 3.31. The number of carbonyl (C=O) groups excluding carboxylic acids is 5. The average molecular weight is 806 g/mol. The van der Waals surface area contributed by atoms with E-state index in [0.717, 1.165) is 11.8 Å². The molecule has 0 amide bonds. The van der Waals surface area contributed by atoms with E-state index in [4.69, 9.17) is 28.5 Å². The van der Waals surface area contributed by atoms with Gasteiger partial charge in [-0.1, -0.05) is 126 Å². The summed E-state index contributed by atoms with van der Waals surface area (Å²) >= 11 is 0. The third kappa shape index (κ3) is 12.1. The molecule has 12 nitrogen and oxygen atoms in total. The van der Waals surface area contributed by atoms with Gasteiger partial charge in [0.2, 0.25) is 0 Å². The maximum absolute atomic E-state index is 14.0. The number of carbonyl (C=O) groups is 5. The molecule has 0 fully saturated rings. The second-order valence-corrected chi connectivity index (χ2v) is 13.0. The van der Waals surface area contributed by atoms with Gasteiger partial charge in [-0.25, -0.2) is 24.0 Å². The number of ether oxygens (including phenoxy) is 5. The van der Waals surface area contributed by atoms with Crippen molar-refractivity contribution in [2.75, 3.05) is 6.61 Å². The summed E-state index contributed by atoms with van der Waals surface area (Å²) in [5.41, 5.74) is 1.31. The molecule has 0 aliphatic carbocycles. The Hall–Kier alpha value is -7.86. The Balaban J connectivity index is 1.47. The van der Waals surface area contributed by atoms with E-state index in [0.29, 0.717) is 0 Å². The van der Waals surface area contributed by atoms with Crippen LogP contribution in [0.1, 0.15) is 57.4 Å². The second kappa shape index (κ2) is 21.6. The highest BCUT2D eigenvalue weighted by atomic mass is 16.6. The van der Waals surface area contributed by atoms with Crippen molar-refractivity contribution < 1.29 is 52.5 Å². The third-order valence-corrected chi connectivity index (χ3v) is 8.78. The largest absolute Gasteiger partial charge is 0.458 e. The molecular formula is C48H39NO11. The molecular weight excluding hydrogens is 767 g/mol. The van der Waals surface area contributed by atoms with Gasteiger partial charge in [-0.3, -0.25) is 0 Å². The monoisotopic (exact) mass is 805 g/mol. The molecule has 4 atom stereocenters. The molecule has 6 rings (SSSR count). The normalized spacial score (nSPS) is 12.8. The van der Waals surface area contributed by atoms with Gasteiger partial charge in [-0.2, -0.15) is 0 Å². The van der Waals surface area contributed by atoms with E-state index in [1.807, 2.05) is 30.3 Å². The van der Waals surface area contributed by atoms with Crippen LogP contribution >= 0.6 is 0 Å². The van der Waals surface area contributed by atoms with Crippen LogP contribution in [0, 0.1) is 0 Å². The summed E-state index contributed by atoms with van der Waals surface area (Å²) < 4.78 is 30.0. The number of hydrogen-bond acceptors (Lipinski definition) is 12. The Kier molecular flexibility index (Phi) is 15.0. The topological polar surface area (TPSA) is 153 Å². The zero-order valence-electron chi connectivity index (χ0n) is 32.1. The zero-order chi connectivity index (χ0) is 41.9. The fraction of sp³-hybridized carbons (Fsp3) is 0.125. The van der Waals surface area contributed by atoms with Gasteiger partial charge in [0.25, 0.3) is 0 Å². The maximum atomic E-state index is 14.0. The summed E-state index contributed by atoms with van der Waals surface area (Å²) in [4.78, 5) is 74.7. The predicted octanol–water partition coefficient (Wildman–Crippen LogP) is 7.95. The SMILES string of the molecule is O=C(OCC(OC(=O)c1ccccc1)C(OC(=O)c1ccccc1)C(OC(=O)c1ccccc1)C(C=NOCc1ccccc1)OC(=O)c1ccccc1)c1ccccc1. The Morgan fingerprint density at radius 1 is 0.417 bits per heavy atom. The van der Waals surface area contributed by atoms with Crippen molar-refractivity contribution in [3.05, 3.63) is 215 Å². The maximum Gasteiger partial charge on any atom is 0.338 e. The van der Waals surface area contributed by atoms with E-state index in [-0.39, 0.29) is 34.4 Å². The molecule has 0 aliphatic heterocycles. The number of rotatable bonds is 18. The van der Waals surface area contributed by atoms with Crippen molar-refractivity contribution in [3.8, 4) is 0 Å². The molecule has 6 aromatic rings. The molecule has 0 N–H and O–H groups in total. The molecule has 6 aromatic carbocycles. The number of nitrogens with zero attached hydrogens (tertiary/aromatic N) is 1. The quantitative estimate of drug-likeness (QED) is 0.0360. The first kappa shape index (κ1) is 41.8. The Morgan fingerprint density at radius 3 is 1.20 bits per heavy atom.